The summed E-state index contributed by atoms with van der Waals surface area (Å²) in [5, 5.41) is 2.40. The van der Waals surface area contributed by atoms with Gasteiger partial charge in [0.2, 0.25) is 0 Å². The molecule has 0 aliphatic carbocycles. The Morgan fingerprint density at radius 2 is 2.00 bits per heavy atom. The van der Waals surface area contributed by atoms with Crippen molar-refractivity contribution in [2.75, 3.05) is 19.8 Å². The lowest BCUT2D eigenvalue weighted by Crippen LogP contribution is -2.26. The summed E-state index contributed by atoms with van der Waals surface area (Å²) in [7, 11) is 0. The standard InChI is InChI=1S/C12H14F3NO2/c1-2-18-7-3-6-16-12(17)8-4-5-9(13)11(15)10(8)14/h4-5H,2-3,6-7H2,1H3,(H,16,17). The molecule has 0 spiro atoms. The Morgan fingerprint density at radius 1 is 1.28 bits per heavy atom. The molecule has 18 heavy (non-hydrogen) atoms. The number of carbonyl (C=O) groups is 1. The zero-order valence-corrected chi connectivity index (χ0v) is 9.93. The largest absolute Gasteiger partial charge is 0.382 e. The van der Waals surface area contributed by atoms with Crippen molar-refractivity contribution in [3.05, 3.63) is 35.1 Å². The van der Waals surface area contributed by atoms with Crippen LogP contribution in [0.5, 0.6) is 0 Å². The van der Waals surface area contributed by atoms with Gasteiger partial charge in [0.05, 0.1) is 5.56 Å². The molecule has 0 saturated carbocycles. The van der Waals surface area contributed by atoms with E-state index >= 15 is 0 Å². The van der Waals surface area contributed by atoms with Gasteiger partial charge in [0, 0.05) is 19.8 Å². The minimum atomic E-state index is -1.64. The Hall–Kier alpha value is -1.56. The topological polar surface area (TPSA) is 38.3 Å². The van der Waals surface area contributed by atoms with Crippen molar-refractivity contribution < 1.29 is 22.7 Å². The highest BCUT2D eigenvalue weighted by molar-refractivity contribution is 5.94. The van der Waals surface area contributed by atoms with Crippen LogP contribution in [0.4, 0.5) is 13.2 Å². The van der Waals surface area contributed by atoms with Gasteiger partial charge in [-0.2, -0.15) is 0 Å². The van der Waals surface area contributed by atoms with Gasteiger partial charge in [-0.15, -0.1) is 0 Å². The molecule has 1 amide bonds. The number of hydrogen-bond acceptors (Lipinski definition) is 2. The van der Waals surface area contributed by atoms with Crippen molar-refractivity contribution in [3.63, 3.8) is 0 Å². The lowest BCUT2D eigenvalue weighted by molar-refractivity contribution is 0.0939. The monoisotopic (exact) mass is 261 g/mol. The van der Waals surface area contributed by atoms with Crippen LogP contribution in [-0.2, 0) is 4.74 Å². The van der Waals surface area contributed by atoms with Crippen LogP contribution in [0, 0.1) is 17.5 Å². The molecule has 0 aromatic heterocycles. The average molecular weight is 261 g/mol. The maximum Gasteiger partial charge on any atom is 0.254 e. The quantitative estimate of drug-likeness (QED) is 0.630. The predicted molar refractivity (Wildman–Crippen MR) is 59.8 cm³/mol. The Kier molecular flexibility index (Phi) is 5.64. The van der Waals surface area contributed by atoms with E-state index in [9.17, 15) is 18.0 Å². The number of amides is 1. The Labute approximate surface area is 103 Å². The summed E-state index contributed by atoms with van der Waals surface area (Å²) in [4.78, 5) is 11.5. The molecule has 1 aromatic carbocycles. The fraction of sp³-hybridized carbons (Fsp3) is 0.417. The fourth-order valence-electron chi connectivity index (χ4n) is 1.32. The molecular formula is C12H14F3NO2. The van der Waals surface area contributed by atoms with E-state index in [2.05, 4.69) is 5.32 Å². The van der Waals surface area contributed by atoms with Gasteiger partial charge in [-0.25, -0.2) is 13.2 Å². The third kappa shape index (κ3) is 3.73. The molecule has 1 aromatic rings. The normalized spacial score (nSPS) is 10.4. The van der Waals surface area contributed by atoms with Gasteiger partial charge in [0.1, 0.15) is 0 Å². The SMILES string of the molecule is CCOCCCNC(=O)c1ccc(F)c(F)c1F. The number of halogens is 3. The number of hydrogen-bond donors (Lipinski definition) is 1. The van der Waals surface area contributed by atoms with Gasteiger partial charge >= 0.3 is 0 Å². The van der Waals surface area contributed by atoms with Crippen molar-refractivity contribution in [1.82, 2.24) is 5.32 Å². The molecule has 0 unspecified atom stereocenters. The maximum absolute atomic E-state index is 13.2. The lowest BCUT2D eigenvalue weighted by Gasteiger charge is -2.07. The van der Waals surface area contributed by atoms with E-state index in [1.165, 1.54) is 0 Å². The minimum Gasteiger partial charge on any atom is -0.382 e. The third-order valence-corrected chi connectivity index (χ3v) is 2.23. The number of nitrogens with one attached hydrogen (secondary N) is 1. The van der Waals surface area contributed by atoms with Gasteiger partial charge in [-0.05, 0) is 25.5 Å². The molecule has 0 atom stereocenters. The Balaban J connectivity index is 2.54. The second-order valence-corrected chi connectivity index (χ2v) is 3.53. The van der Waals surface area contributed by atoms with Crippen LogP contribution in [0.3, 0.4) is 0 Å². The van der Waals surface area contributed by atoms with E-state index in [0.29, 0.717) is 25.7 Å². The van der Waals surface area contributed by atoms with Crippen molar-refractivity contribution in [3.8, 4) is 0 Å². The molecule has 0 saturated heterocycles. The summed E-state index contributed by atoms with van der Waals surface area (Å²) >= 11 is 0. The van der Waals surface area contributed by atoms with Crippen LogP contribution in [0.15, 0.2) is 12.1 Å². The highest BCUT2D eigenvalue weighted by atomic mass is 19.2. The Bertz CT molecular complexity index is 424. The number of ether oxygens (including phenoxy) is 1. The van der Waals surface area contributed by atoms with Gasteiger partial charge in [0.15, 0.2) is 17.5 Å². The predicted octanol–water partition coefficient (Wildman–Crippen LogP) is 2.26. The van der Waals surface area contributed by atoms with E-state index < -0.39 is 28.9 Å². The maximum atomic E-state index is 13.2. The van der Waals surface area contributed by atoms with Crippen molar-refractivity contribution in [2.24, 2.45) is 0 Å². The van der Waals surface area contributed by atoms with E-state index in [4.69, 9.17) is 4.74 Å². The molecule has 0 aliphatic rings. The number of benzene rings is 1. The average Bonchev–Trinajstić information content (AvgIpc) is 2.35. The summed E-state index contributed by atoms with van der Waals surface area (Å²) in [5.41, 5.74) is -0.509. The molecule has 0 heterocycles. The van der Waals surface area contributed by atoms with Crippen LogP contribution in [0.25, 0.3) is 0 Å². The molecular weight excluding hydrogens is 247 g/mol. The summed E-state index contributed by atoms with van der Waals surface area (Å²) in [6.07, 6.45) is 0.560. The first-order chi connectivity index (χ1) is 8.57. The molecule has 1 N–H and O–H groups in total. The Morgan fingerprint density at radius 3 is 2.67 bits per heavy atom. The molecule has 3 nitrogen and oxygen atoms in total. The number of carbonyl (C=O) groups excluding carboxylic acids is 1. The number of rotatable bonds is 6. The van der Waals surface area contributed by atoms with Crippen LogP contribution >= 0.6 is 0 Å². The highest BCUT2D eigenvalue weighted by Crippen LogP contribution is 2.14. The second-order valence-electron chi connectivity index (χ2n) is 3.53. The van der Waals surface area contributed by atoms with Gasteiger partial charge in [-0.3, -0.25) is 4.79 Å². The fourth-order valence-corrected chi connectivity index (χ4v) is 1.32. The van der Waals surface area contributed by atoms with E-state index in [1.807, 2.05) is 6.92 Å². The van der Waals surface area contributed by atoms with Crippen molar-refractivity contribution in [2.45, 2.75) is 13.3 Å². The summed E-state index contributed by atoms with van der Waals surface area (Å²) in [6, 6.07) is 1.62. The van der Waals surface area contributed by atoms with Crippen LogP contribution in [-0.4, -0.2) is 25.7 Å². The summed E-state index contributed by atoms with van der Waals surface area (Å²) in [5.74, 6) is -5.21. The lowest BCUT2D eigenvalue weighted by atomic mass is 10.2. The zero-order chi connectivity index (χ0) is 13.5. The van der Waals surface area contributed by atoms with E-state index in [-0.39, 0.29) is 6.54 Å². The van der Waals surface area contributed by atoms with E-state index in [0.717, 1.165) is 6.07 Å². The highest BCUT2D eigenvalue weighted by Gasteiger charge is 2.18. The van der Waals surface area contributed by atoms with Crippen LogP contribution in [0.1, 0.15) is 23.7 Å². The zero-order valence-electron chi connectivity index (χ0n) is 9.93. The van der Waals surface area contributed by atoms with Gasteiger partial charge in [0.25, 0.3) is 5.91 Å². The second kappa shape index (κ2) is 7.00. The minimum absolute atomic E-state index is 0.275. The third-order valence-electron chi connectivity index (χ3n) is 2.23. The first-order valence-corrected chi connectivity index (χ1v) is 5.57. The molecule has 1 rings (SSSR count). The summed E-state index contributed by atoms with van der Waals surface area (Å²) < 4.78 is 43.8. The first kappa shape index (κ1) is 14.5. The smallest absolute Gasteiger partial charge is 0.254 e. The van der Waals surface area contributed by atoms with E-state index in [1.54, 1.807) is 0 Å². The molecule has 0 fully saturated rings. The summed E-state index contributed by atoms with van der Waals surface area (Å²) in [6.45, 7) is 3.16. The van der Waals surface area contributed by atoms with Crippen molar-refractivity contribution >= 4 is 5.91 Å². The molecule has 100 valence electrons. The van der Waals surface area contributed by atoms with Crippen LogP contribution < -0.4 is 5.32 Å². The molecule has 0 radical (unpaired) electrons. The van der Waals surface area contributed by atoms with Gasteiger partial charge < -0.3 is 10.1 Å². The molecule has 0 aliphatic heterocycles. The van der Waals surface area contributed by atoms with Crippen LogP contribution in [0.2, 0.25) is 0 Å². The van der Waals surface area contributed by atoms with Crippen molar-refractivity contribution in [1.29, 1.82) is 0 Å². The molecule has 6 heteroatoms. The van der Waals surface area contributed by atoms with Gasteiger partial charge in [-0.1, -0.05) is 0 Å². The molecule has 0 bridgehead atoms. The first-order valence-electron chi connectivity index (χ1n) is 5.57.